The van der Waals surface area contributed by atoms with Crippen LogP contribution < -0.4 is 5.32 Å². The van der Waals surface area contributed by atoms with Gasteiger partial charge in [-0.05, 0) is 12.5 Å². The fourth-order valence-electron chi connectivity index (χ4n) is 1.19. The van der Waals surface area contributed by atoms with Crippen molar-refractivity contribution in [2.75, 3.05) is 6.61 Å². The van der Waals surface area contributed by atoms with Gasteiger partial charge >= 0.3 is 12.3 Å². The summed E-state index contributed by atoms with van der Waals surface area (Å²) < 4.78 is 39.3. The van der Waals surface area contributed by atoms with Crippen molar-refractivity contribution in [3.8, 4) is 0 Å². The maximum absolute atomic E-state index is 11.8. The Morgan fingerprint density at radius 2 is 1.94 bits per heavy atom. The van der Waals surface area contributed by atoms with Gasteiger partial charge in [-0.3, -0.25) is 0 Å². The number of ether oxygens (including phenoxy) is 1. The number of carbonyl (C=O) groups excluding carboxylic acids is 1. The zero-order chi connectivity index (χ0) is 12.9. The van der Waals surface area contributed by atoms with E-state index in [1.807, 2.05) is 0 Å². The number of hydrogen-bond acceptors (Lipinski definition) is 2. The Morgan fingerprint density at radius 1 is 1.35 bits per heavy atom. The largest absolute Gasteiger partial charge is 0.440 e. The van der Waals surface area contributed by atoms with Crippen molar-refractivity contribution in [2.24, 2.45) is 0 Å². The molecule has 0 fully saturated rings. The van der Waals surface area contributed by atoms with Gasteiger partial charge < -0.3 is 10.1 Å². The maximum atomic E-state index is 11.8. The van der Waals surface area contributed by atoms with E-state index < -0.39 is 24.9 Å². The first-order chi connectivity index (χ1) is 7.88. The van der Waals surface area contributed by atoms with Crippen LogP contribution in [0.15, 0.2) is 30.3 Å². The van der Waals surface area contributed by atoms with Crippen molar-refractivity contribution in [3.63, 3.8) is 0 Å². The molecule has 1 aromatic carbocycles. The number of carbonyl (C=O) groups is 1. The summed E-state index contributed by atoms with van der Waals surface area (Å²) in [5.74, 6) is 0. The highest BCUT2D eigenvalue weighted by molar-refractivity contribution is 5.67. The highest BCUT2D eigenvalue weighted by atomic mass is 19.4. The minimum Gasteiger partial charge on any atom is -0.440 e. The van der Waals surface area contributed by atoms with Crippen LogP contribution in [0, 0.1) is 0 Å². The lowest BCUT2D eigenvalue weighted by Gasteiger charge is -2.14. The first kappa shape index (κ1) is 13.3. The molecule has 1 rings (SSSR count). The Morgan fingerprint density at radius 3 is 2.47 bits per heavy atom. The molecule has 0 bridgehead atoms. The van der Waals surface area contributed by atoms with Gasteiger partial charge in [0.25, 0.3) is 0 Å². The molecule has 0 aliphatic carbocycles. The summed E-state index contributed by atoms with van der Waals surface area (Å²) in [5.41, 5.74) is 0.788. The third kappa shape index (κ3) is 5.24. The second kappa shape index (κ2) is 5.56. The molecule has 1 amide bonds. The maximum Gasteiger partial charge on any atom is 0.422 e. The standard InChI is InChI=1S/C11H12F3NO2/c1-8(9-5-3-2-4-6-9)15-10(16)17-7-11(12,13)14/h2-6,8H,7H2,1H3,(H,15,16)/t8-/m1/s1. The number of benzene rings is 1. The lowest BCUT2D eigenvalue weighted by Crippen LogP contribution is -2.30. The molecule has 0 saturated carbocycles. The Labute approximate surface area is 96.6 Å². The quantitative estimate of drug-likeness (QED) is 0.891. The summed E-state index contributed by atoms with van der Waals surface area (Å²) in [7, 11) is 0. The Kier molecular flexibility index (Phi) is 4.37. The smallest absolute Gasteiger partial charge is 0.422 e. The number of nitrogens with one attached hydrogen (secondary N) is 1. The number of rotatable bonds is 3. The second-order valence-corrected chi connectivity index (χ2v) is 3.47. The molecule has 0 aromatic heterocycles. The topological polar surface area (TPSA) is 38.3 Å². The number of halogens is 3. The molecule has 0 heterocycles. The second-order valence-electron chi connectivity index (χ2n) is 3.47. The molecule has 0 aliphatic heterocycles. The molecule has 1 aromatic rings. The van der Waals surface area contributed by atoms with E-state index >= 15 is 0 Å². The van der Waals surface area contributed by atoms with Crippen molar-refractivity contribution in [1.82, 2.24) is 5.32 Å². The van der Waals surface area contributed by atoms with Crippen LogP contribution >= 0.6 is 0 Å². The molecule has 0 spiro atoms. The predicted molar refractivity (Wildman–Crippen MR) is 55.4 cm³/mol. The van der Waals surface area contributed by atoms with Crippen LogP contribution in [0.5, 0.6) is 0 Å². The van der Waals surface area contributed by atoms with E-state index in [9.17, 15) is 18.0 Å². The molecule has 1 N–H and O–H groups in total. The minimum absolute atomic E-state index is 0.406. The van der Waals surface area contributed by atoms with Crippen molar-refractivity contribution < 1.29 is 22.7 Å². The van der Waals surface area contributed by atoms with Gasteiger partial charge in [0.05, 0.1) is 6.04 Å². The summed E-state index contributed by atoms with van der Waals surface area (Å²) in [6.45, 7) is 0.0739. The van der Waals surface area contributed by atoms with Crippen LogP contribution in [0.25, 0.3) is 0 Å². The van der Waals surface area contributed by atoms with Gasteiger partial charge in [-0.25, -0.2) is 4.79 Å². The average molecular weight is 247 g/mol. The van der Waals surface area contributed by atoms with Gasteiger partial charge in [0.1, 0.15) is 0 Å². The molecule has 6 heteroatoms. The monoisotopic (exact) mass is 247 g/mol. The van der Waals surface area contributed by atoms with Crippen LogP contribution in [0.2, 0.25) is 0 Å². The van der Waals surface area contributed by atoms with E-state index in [1.165, 1.54) is 0 Å². The van der Waals surface area contributed by atoms with Gasteiger partial charge in [0, 0.05) is 0 Å². The van der Waals surface area contributed by atoms with Crippen LogP contribution in [0.3, 0.4) is 0 Å². The number of alkyl carbamates (subject to hydrolysis) is 1. The normalized spacial score (nSPS) is 12.9. The minimum atomic E-state index is -4.51. The van der Waals surface area contributed by atoms with Gasteiger partial charge in [-0.1, -0.05) is 30.3 Å². The molecule has 94 valence electrons. The van der Waals surface area contributed by atoms with E-state index in [0.717, 1.165) is 5.56 Å². The number of amides is 1. The SMILES string of the molecule is C[C@@H](NC(=O)OCC(F)(F)F)c1ccccc1. The highest BCUT2D eigenvalue weighted by Gasteiger charge is 2.29. The summed E-state index contributed by atoms with van der Waals surface area (Å²) >= 11 is 0. The van der Waals surface area contributed by atoms with Crippen molar-refractivity contribution >= 4 is 6.09 Å². The Balaban J connectivity index is 2.42. The van der Waals surface area contributed by atoms with Crippen LogP contribution in [0.4, 0.5) is 18.0 Å². The lowest BCUT2D eigenvalue weighted by atomic mass is 10.1. The average Bonchev–Trinajstić information content (AvgIpc) is 2.27. The predicted octanol–water partition coefficient (Wildman–Crippen LogP) is 3.04. The van der Waals surface area contributed by atoms with E-state index in [-0.39, 0.29) is 0 Å². The van der Waals surface area contributed by atoms with E-state index in [4.69, 9.17) is 0 Å². The molecular weight excluding hydrogens is 235 g/mol. The fraction of sp³-hybridized carbons (Fsp3) is 0.364. The number of hydrogen-bond donors (Lipinski definition) is 1. The zero-order valence-corrected chi connectivity index (χ0v) is 9.12. The fourth-order valence-corrected chi connectivity index (χ4v) is 1.19. The van der Waals surface area contributed by atoms with Crippen molar-refractivity contribution in [3.05, 3.63) is 35.9 Å². The summed E-state index contributed by atoms with van der Waals surface area (Å²) in [6, 6.07) is 8.46. The molecule has 0 saturated heterocycles. The first-order valence-electron chi connectivity index (χ1n) is 4.93. The van der Waals surface area contributed by atoms with Gasteiger partial charge in [0.2, 0.25) is 0 Å². The highest BCUT2D eigenvalue weighted by Crippen LogP contribution is 2.15. The van der Waals surface area contributed by atoms with Gasteiger partial charge in [-0.15, -0.1) is 0 Å². The third-order valence-corrected chi connectivity index (χ3v) is 2.00. The van der Waals surface area contributed by atoms with Crippen molar-refractivity contribution in [1.29, 1.82) is 0 Å². The van der Waals surface area contributed by atoms with E-state index in [2.05, 4.69) is 10.1 Å². The van der Waals surface area contributed by atoms with Crippen LogP contribution in [-0.4, -0.2) is 18.9 Å². The van der Waals surface area contributed by atoms with Gasteiger partial charge in [0.15, 0.2) is 6.61 Å². The molecule has 0 unspecified atom stereocenters. The third-order valence-electron chi connectivity index (χ3n) is 2.00. The first-order valence-corrected chi connectivity index (χ1v) is 4.93. The summed E-state index contributed by atoms with van der Waals surface area (Å²) in [5, 5.41) is 2.31. The number of alkyl halides is 3. The Hall–Kier alpha value is -1.72. The molecule has 17 heavy (non-hydrogen) atoms. The zero-order valence-electron chi connectivity index (χ0n) is 9.12. The van der Waals surface area contributed by atoms with Crippen LogP contribution in [0.1, 0.15) is 18.5 Å². The Bertz CT molecular complexity index is 365. The van der Waals surface area contributed by atoms with E-state index in [1.54, 1.807) is 37.3 Å². The molecule has 0 aliphatic rings. The molecule has 0 radical (unpaired) electrons. The summed E-state index contributed by atoms with van der Waals surface area (Å²) in [4.78, 5) is 11.0. The van der Waals surface area contributed by atoms with Crippen molar-refractivity contribution in [2.45, 2.75) is 19.1 Å². The summed E-state index contributed by atoms with van der Waals surface area (Å²) in [6.07, 6.45) is -5.59. The van der Waals surface area contributed by atoms with Gasteiger partial charge in [-0.2, -0.15) is 13.2 Å². The molecule has 3 nitrogen and oxygen atoms in total. The molecular formula is C11H12F3NO2. The lowest BCUT2D eigenvalue weighted by molar-refractivity contribution is -0.160. The molecule has 1 atom stereocenters. The van der Waals surface area contributed by atoms with Crippen LogP contribution in [-0.2, 0) is 4.74 Å². The van der Waals surface area contributed by atoms with E-state index in [0.29, 0.717) is 0 Å².